The molecule has 18 heavy (non-hydrogen) atoms. The van der Waals surface area contributed by atoms with Crippen LogP contribution in [-0.2, 0) is 4.79 Å². The number of carboxylic acids is 1. The van der Waals surface area contributed by atoms with Crippen molar-refractivity contribution in [2.24, 2.45) is 0 Å². The fraction of sp³-hybridized carbons (Fsp3) is 0.133. The van der Waals surface area contributed by atoms with Gasteiger partial charge in [0.15, 0.2) is 0 Å². The van der Waals surface area contributed by atoms with Gasteiger partial charge in [-0.25, -0.2) is 0 Å². The van der Waals surface area contributed by atoms with Crippen LogP contribution in [-0.4, -0.2) is 11.1 Å². The second-order valence-corrected chi connectivity index (χ2v) is 5.19. The van der Waals surface area contributed by atoms with E-state index in [1.54, 1.807) is 18.7 Å². The highest BCUT2D eigenvalue weighted by Gasteiger charge is 2.13. The molecule has 0 spiro atoms. The maximum absolute atomic E-state index is 11.0. The largest absolute Gasteiger partial charge is 0.481 e. The van der Waals surface area contributed by atoms with Crippen molar-refractivity contribution < 1.29 is 9.90 Å². The number of rotatable bonds is 4. The van der Waals surface area contributed by atoms with E-state index in [-0.39, 0.29) is 0 Å². The molecule has 92 valence electrons. The highest BCUT2D eigenvalue weighted by Crippen LogP contribution is 2.29. The van der Waals surface area contributed by atoms with Crippen molar-refractivity contribution in [2.75, 3.05) is 0 Å². The van der Waals surface area contributed by atoms with Crippen LogP contribution in [0, 0.1) is 0 Å². The minimum Gasteiger partial charge on any atom is -0.481 e. The van der Waals surface area contributed by atoms with Crippen LogP contribution in [0.3, 0.4) is 0 Å². The van der Waals surface area contributed by atoms with Crippen molar-refractivity contribution in [3.05, 3.63) is 60.2 Å². The predicted molar refractivity (Wildman–Crippen MR) is 73.1 cm³/mol. The van der Waals surface area contributed by atoms with Crippen LogP contribution in [0.4, 0.5) is 0 Å². The smallest absolute Gasteiger partial charge is 0.310 e. The van der Waals surface area contributed by atoms with Gasteiger partial charge in [-0.2, -0.15) is 0 Å². The molecule has 0 fully saturated rings. The molecule has 1 N–H and O–H groups in total. The number of carbonyl (C=O) groups is 1. The zero-order valence-electron chi connectivity index (χ0n) is 10.0. The molecule has 3 heteroatoms. The van der Waals surface area contributed by atoms with E-state index in [9.17, 15) is 4.79 Å². The number of hydrogen-bond acceptors (Lipinski definition) is 2. The molecule has 2 nitrogen and oxygen atoms in total. The zero-order chi connectivity index (χ0) is 13.0. The van der Waals surface area contributed by atoms with Crippen LogP contribution >= 0.6 is 11.8 Å². The highest BCUT2D eigenvalue weighted by atomic mass is 32.2. The Hall–Kier alpha value is -1.74. The standard InChI is InChI=1S/C15H14O2S/c1-11(15(16)17)12-6-5-9-14(10-12)18-13-7-3-2-4-8-13/h2-11H,1H3,(H,16,17). The summed E-state index contributed by atoms with van der Waals surface area (Å²) in [6.07, 6.45) is 0. The van der Waals surface area contributed by atoms with Gasteiger partial charge in [-0.15, -0.1) is 0 Å². The van der Waals surface area contributed by atoms with E-state index in [0.29, 0.717) is 0 Å². The third-order valence-electron chi connectivity index (χ3n) is 2.71. The molecular weight excluding hydrogens is 244 g/mol. The molecule has 1 atom stereocenters. The molecule has 2 aromatic carbocycles. The Balaban J connectivity index is 2.20. The molecule has 0 saturated carbocycles. The molecule has 0 heterocycles. The summed E-state index contributed by atoms with van der Waals surface area (Å²) in [5, 5.41) is 9.01. The quantitative estimate of drug-likeness (QED) is 0.899. The van der Waals surface area contributed by atoms with E-state index in [1.165, 1.54) is 0 Å². The summed E-state index contributed by atoms with van der Waals surface area (Å²) in [5.41, 5.74) is 0.837. The number of benzene rings is 2. The Morgan fingerprint density at radius 3 is 2.39 bits per heavy atom. The maximum Gasteiger partial charge on any atom is 0.310 e. The molecular formula is C15H14O2S. The molecule has 0 aliphatic rings. The number of hydrogen-bond donors (Lipinski definition) is 1. The SMILES string of the molecule is CC(C(=O)O)c1cccc(Sc2ccccc2)c1. The first kappa shape index (κ1) is 12.7. The molecule has 1 unspecified atom stereocenters. The molecule has 0 aliphatic heterocycles. The summed E-state index contributed by atoms with van der Waals surface area (Å²) in [4.78, 5) is 13.2. The molecule has 0 radical (unpaired) electrons. The topological polar surface area (TPSA) is 37.3 Å². The van der Waals surface area contributed by atoms with Gasteiger partial charge in [0.25, 0.3) is 0 Å². The lowest BCUT2D eigenvalue weighted by atomic mass is 10.0. The average Bonchev–Trinajstić information content (AvgIpc) is 2.39. The second-order valence-electron chi connectivity index (χ2n) is 4.05. The Morgan fingerprint density at radius 2 is 1.72 bits per heavy atom. The molecule has 0 saturated heterocycles. The second kappa shape index (κ2) is 5.74. The van der Waals surface area contributed by atoms with Crippen LogP contribution < -0.4 is 0 Å². The van der Waals surface area contributed by atoms with E-state index in [4.69, 9.17) is 5.11 Å². The Morgan fingerprint density at radius 1 is 1.06 bits per heavy atom. The van der Waals surface area contributed by atoms with Crippen molar-refractivity contribution >= 4 is 17.7 Å². The molecule has 0 bridgehead atoms. The Kier molecular flexibility index (Phi) is 4.05. The average molecular weight is 258 g/mol. The first-order chi connectivity index (χ1) is 8.66. The van der Waals surface area contributed by atoms with Crippen molar-refractivity contribution in [2.45, 2.75) is 22.6 Å². The van der Waals surface area contributed by atoms with Gasteiger partial charge >= 0.3 is 5.97 Å². The van der Waals surface area contributed by atoms with Gasteiger partial charge in [0.05, 0.1) is 5.92 Å². The molecule has 0 aliphatic carbocycles. The fourth-order valence-corrected chi connectivity index (χ4v) is 2.52. The minimum absolute atomic E-state index is 0.471. The Labute approximate surface area is 111 Å². The summed E-state index contributed by atoms with van der Waals surface area (Å²) in [5.74, 6) is -1.27. The van der Waals surface area contributed by atoms with Gasteiger partial charge in [0.1, 0.15) is 0 Å². The Bertz CT molecular complexity index is 537. The van der Waals surface area contributed by atoms with Crippen LogP contribution in [0.15, 0.2) is 64.4 Å². The summed E-state index contributed by atoms with van der Waals surface area (Å²) >= 11 is 1.64. The molecule has 2 rings (SSSR count). The number of carboxylic acid groups (broad SMARTS) is 1. The number of aliphatic carboxylic acids is 1. The minimum atomic E-state index is -0.795. The first-order valence-electron chi connectivity index (χ1n) is 5.72. The van der Waals surface area contributed by atoms with Crippen LogP contribution in [0.5, 0.6) is 0 Å². The van der Waals surface area contributed by atoms with Gasteiger partial charge in [0, 0.05) is 9.79 Å². The normalized spacial score (nSPS) is 12.1. The van der Waals surface area contributed by atoms with Crippen molar-refractivity contribution in [1.82, 2.24) is 0 Å². The van der Waals surface area contributed by atoms with E-state index in [2.05, 4.69) is 0 Å². The maximum atomic E-state index is 11.0. The summed E-state index contributed by atoms with van der Waals surface area (Å²) in [6, 6.07) is 17.7. The first-order valence-corrected chi connectivity index (χ1v) is 6.54. The van der Waals surface area contributed by atoms with Gasteiger partial charge in [-0.1, -0.05) is 42.1 Å². The highest BCUT2D eigenvalue weighted by molar-refractivity contribution is 7.99. The zero-order valence-corrected chi connectivity index (χ0v) is 10.9. The summed E-state index contributed by atoms with van der Waals surface area (Å²) in [7, 11) is 0. The van der Waals surface area contributed by atoms with Gasteiger partial charge in [-0.05, 0) is 36.8 Å². The lowest BCUT2D eigenvalue weighted by Crippen LogP contribution is -2.07. The summed E-state index contributed by atoms with van der Waals surface area (Å²) in [6.45, 7) is 1.70. The van der Waals surface area contributed by atoms with Crippen LogP contribution in [0.2, 0.25) is 0 Å². The predicted octanol–water partition coefficient (Wildman–Crippen LogP) is 4.03. The lowest BCUT2D eigenvalue weighted by Gasteiger charge is -2.08. The molecule has 0 amide bonds. The van der Waals surface area contributed by atoms with Gasteiger partial charge in [0.2, 0.25) is 0 Å². The third kappa shape index (κ3) is 3.14. The van der Waals surface area contributed by atoms with E-state index in [1.807, 2.05) is 54.6 Å². The van der Waals surface area contributed by atoms with E-state index >= 15 is 0 Å². The molecule has 0 aromatic heterocycles. The monoisotopic (exact) mass is 258 g/mol. The van der Waals surface area contributed by atoms with Crippen molar-refractivity contribution in [1.29, 1.82) is 0 Å². The van der Waals surface area contributed by atoms with E-state index in [0.717, 1.165) is 15.4 Å². The van der Waals surface area contributed by atoms with Crippen molar-refractivity contribution in [3.63, 3.8) is 0 Å². The fourth-order valence-electron chi connectivity index (χ4n) is 1.61. The molecule has 2 aromatic rings. The van der Waals surface area contributed by atoms with Crippen LogP contribution in [0.1, 0.15) is 18.4 Å². The van der Waals surface area contributed by atoms with Gasteiger partial charge in [-0.3, -0.25) is 4.79 Å². The van der Waals surface area contributed by atoms with Gasteiger partial charge < -0.3 is 5.11 Å². The third-order valence-corrected chi connectivity index (χ3v) is 3.70. The summed E-state index contributed by atoms with van der Waals surface area (Å²) < 4.78 is 0. The lowest BCUT2D eigenvalue weighted by molar-refractivity contribution is -0.138. The van der Waals surface area contributed by atoms with E-state index < -0.39 is 11.9 Å². The van der Waals surface area contributed by atoms with Crippen molar-refractivity contribution in [3.8, 4) is 0 Å². The van der Waals surface area contributed by atoms with Crippen LogP contribution in [0.25, 0.3) is 0 Å².